The summed E-state index contributed by atoms with van der Waals surface area (Å²) in [6, 6.07) is 1.17. The lowest BCUT2D eigenvalue weighted by molar-refractivity contribution is -0.123. The molecule has 1 fully saturated rings. The highest BCUT2D eigenvalue weighted by Crippen LogP contribution is 2.18. The Labute approximate surface area is 128 Å². The first kappa shape index (κ1) is 16.8. The molecule has 0 heterocycles. The number of amides is 1. The molecule has 1 saturated carbocycles. The second kappa shape index (κ2) is 6.70. The highest BCUT2D eigenvalue weighted by molar-refractivity contribution is 7.89. The van der Waals surface area contributed by atoms with Gasteiger partial charge < -0.3 is 5.32 Å². The van der Waals surface area contributed by atoms with E-state index in [0.717, 1.165) is 37.8 Å². The Bertz CT molecular complexity index is 658. The minimum atomic E-state index is -4.24. The molecule has 0 radical (unpaired) electrons. The second-order valence-electron chi connectivity index (χ2n) is 5.41. The maximum absolute atomic E-state index is 13.6. The van der Waals surface area contributed by atoms with Crippen LogP contribution in [0, 0.1) is 11.6 Å². The normalized spacial score (nSPS) is 17.4. The van der Waals surface area contributed by atoms with Gasteiger partial charge in [-0.3, -0.25) is 4.79 Å². The van der Waals surface area contributed by atoms with E-state index in [1.165, 1.54) is 6.92 Å². The van der Waals surface area contributed by atoms with Gasteiger partial charge >= 0.3 is 0 Å². The van der Waals surface area contributed by atoms with E-state index in [1.54, 1.807) is 0 Å². The first-order valence-corrected chi connectivity index (χ1v) is 8.55. The zero-order valence-corrected chi connectivity index (χ0v) is 12.9. The molecule has 1 amide bonds. The smallest absolute Gasteiger partial charge is 0.244 e. The van der Waals surface area contributed by atoms with Crippen molar-refractivity contribution in [3.05, 3.63) is 29.8 Å². The molecule has 8 heteroatoms. The molecule has 1 aromatic carbocycles. The third kappa shape index (κ3) is 4.01. The summed E-state index contributed by atoms with van der Waals surface area (Å²) in [5.41, 5.74) is 0. The highest BCUT2D eigenvalue weighted by Gasteiger charge is 2.26. The van der Waals surface area contributed by atoms with E-state index in [9.17, 15) is 22.0 Å². The number of rotatable bonds is 5. The number of sulfonamides is 1. The summed E-state index contributed by atoms with van der Waals surface area (Å²) >= 11 is 0. The number of hydrogen-bond donors (Lipinski definition) is 2. The van der Waals surface area contributed by atoms with Crippen LogP contribution in [0.4, 0.5) is 8.78 Å². The summed E-state index contributed by atoms with van der Waals surface area (Å²) < 4.78 is 52.6. The van der Waals surface area contributed by atoms with Crippen LogP contribution in [0.25, 0.3) is 0 Å². The first-order chi connectivity index (χ1) is 10.3. The van der Waals surface area contributed by atoms with E-state index in [0.29, 0.717) is 6.07 Å². The van der Waals surface area contributed by atoms with E-state index in [2.05, 4.69) is 10.0 Å². The average molecular weight is 332 g/mol. The van der Waals surface area contributed by atoms with Gasteiger partial charge in [-0.2, -0.15) is 4.72 Å². The van der Waals surface area contributed by atoms with Crippen molar-refractivity contribution in [2.24, 2.45) is 0 Å². The Kier molecular flexibility index (Phi) is 5.12. The Morgan fingerprint density at radius 3 is 2.50 bits per heavy atom. The van der Waals surface area contributed by atoms with E-state index >= 15 is 0 Å². The van der Waals surface area contributed by atoms with E-state index < -0.39 is 38.5 Å². The molecule has 1 aromatic rings. The quantitative estimate of drug-likeness (QED) is 0.862. The lowest BCUT2D eigenvalue weighted by Gasteiger charge is -2.18. The number of nitrogens with one attached hydrogen (secondary N) is 2. The molecule has 1 aliphatic rings. The molecule has 2 N–H and O–H groups in total. The molecule has 2 rings (SSSR count). The standard InChI is InChI=1S/C14H18F2N2O3S/c1-9(14(19)17-11-4-2-3-5-11)18-22(20,21)13-7-6-10(15)8-12(13)16/h6-9,11,18H,2-5H2,1H3,(H,17,19)/t9-/m0/s1. The van der Waals surface area contributed by atoms with Gasteiger partial charge in [-0.05, 0) is 31.9 Å². The van der Waals surface area contributed by atoms with Crippen LogP contribution in [-0.2, 0) is 14.8 Å². The minimum Gasteiger partial charge on any atom is -0.352 e. The van der Waals surface area contributed by atoms with Crippen molar-refractivity contribution in [3.8, 4) is 0 Å². The molecule has 0 aliphatic heterocycles. The van der Waals surface area contributed by atoms with E-state index in [1.807, 2.05) is 0 Å². The number of halogens is 2. The van der Waals surface area contributed by atoms with Crippen LogP contribution in [0.15, 0.2) is 23.1 Å². The average Bonchev–Trinajstić information content (AvgIpc) is 2.90. The summed E-state index contributed by atoms with van der Waals surface area (Å²) in [7, 11) is -4.24. The molecule has 0 bridgehead atoms. The Morgan fingerprint density at radius 2 is 1.91 bits per heavy atom. The fourth-order valence-electron chi connectivity index (χ4n) is 2.44. The molecular formula is C14H18F2N2O3S. The summed E-state index contributed by atoms with van der Waals surface area (Å²) in [5.74, 6) is -2.53. The van der Waals surface area contributed by atoms with Crippen LogP contribution in [0.5, 0.6) is 0 Å². The number of carbonyl (C=O) groups excluding carboxylic acids is 1. The maximum atomic E-state index is 13.6. The van der Waals surface area contributed by atoms with Crippen molar-refractivity contribution in [1.82, 2.24) is 10.0 Å². The molecule has 1 aliphatic carbocycles. The fourth-order valence-corrected chi connectivity index (χ4v) is 3.70. The Hall–Kier alpha value is -1.54. The summed E-state index contributed by atoms with van der Waals surface area (Å²) in [5, 5.41) is 2.76. The van der Waals surface area contributed by atoms with Crippen molar-refractivity contribution >= 4 is 15.9 Å². The van der Waals surface area contributed by atoms with Crippen molar-refractivity contribution in [2.75, 3.05) is 0 Å². The zero-order valence-electron chi connectivity index (χ0n) is 12.1. The molecule has 22 heavy (non-hydrogen) atoms. The van der Waals surface area contributed by atoms with Crippen molar-refractivity contribution < 1.29 is 22.0 Å². The van der Waals surface area contributed by atoms with Gasteiger partial charge in [0.05, 0.1) is 6.04 Å². The van der Waals surface area contributed by atoms with Crippen molar-refractivity contribution in [2.45, 2.75) is 49.6 Å². The second-order valence-corrected chi connectivity index (χ2v) is 7.09. The lowest BCUT2D eigenvalue weighted by atomic mass is 10.2. The lowest BCUT2D eigenvalue weighted by Crippen LogP contribution is -2.47. The van der Waals surface area contributed by atoms with Crippen LogP contribution >= 0.6 is 0 Å². The van der Waals surface area contributed by atoms with Crippen LogP contribution < -0.4 is 10.0 Å². The predicted molar refractivity (Wildman–Crippen MR) is 76.5 cm³/mol. The number of hydrogen-bond acceptors (Lipinski definition) is 3. The number of carbonyl (C=O) groups is 1. The Morgan fingerprint density at radius 1 is 1.27 bits per heavy atom. The van der Waals surface area contributed by atoms with Crippen LogP contribution in [0.2, 0.25) is 0 Å². The van der Waals surface area contributed by atoms with Gasteiger partial charge in [-0.1, -0.05) is 12.8 Å². The van der Waals surface area contributed by atoms with Crippen LogP contribution in [0.3, 0.4) is 0 Å². The van der Waals surface area contributed by atoms with Gasteiger partial charge in [0.25, 0.3) is 0 Å². The molecule has 1 atom stereocenters. The monoisotopic (exact) mass is 332 g/mol. The fraction of sp³-hybridized carbons (Fsp3) is 0.500. The van der Waals surface area contributed by atoms with Crippen LogP contribution in [0.1, 0.15) is 32.6 Å². The largest absolute Gasteiger partial charge is 0.352 e. The van der Waals surface area contributed by atoms with Gasteiger partial charge in [-0.15, -0.1) is 0 Å². The molecule has 0 aromatic heterocycles. The van der Waals surface area contributed by atoms with E-state index in [4.69, 9.17) is 0 Å². The van der Waals surface area contributed by atoms with Gasteiger partial charge in [0, 0.05) is 12.1 Å². The predicted octanol–water partition coefficient (Wildman–Crippen LogP) is 1.69. The Balaban J connectivity index is 2.05. The topological polar surface area (TPSA) is 75.3 Å². The summed E-state index contributed by atoms with van der Waals surface area (Å²) in [6.07, 6.45) is 3.81. The molecular weight excluding hydrogens is 314 g/mol. The van der Waals surface area contributed by atoms with E-state index in [-0.39, 0.29) is 6.04 Å². The maximum Gasteiger partial charge on any atom is 0.244 e. The number of benzene rings is 1. The van der Waals surface area contributed by atoms with Crippen LogP contribution in [-0.4, -0.2) is 26.4 Å². The van der Waals surface area contributed by atoms with Gasteiger partial charge in [0.1, 0.15) is 16.5 Å². The molecule has 0 spiro atoms. The highest BCUT2D eigenvalue weighted by atomic mass is 32.2. The van der Waals surface area contributed by atoms with Gasteiger partial charge in [0.15, 0.2) is 0 Å². The van der Waals surface area contributed by atoms with Gasteiger partial charge in [-0.25, -0.2) is 17.2 Å². The molecule has 0 unspecified atom stereocenters. The third-order valence-electron chi connectivity index (χ3n) is 3.61. The molecule has 122 valence electrons. The summed E-state index contributed by atoms with van der Waals surface area (Å²) in [4.78, 5) is 11.3. The third-order valence-corrected chi connectivity index (χ3v) is 5.18. The summed E-state index contributed by atoms with van der Waals surface area (Å²) in [6.45, 7) is 1.38. The van der Waals surface area contributed by atoms with Gasteiger partial charge in [0.2, 0.25) is 15.9 Å². The van der Waals surface area contributed by atoms with Crippen molar-refractivity contribution in [1.29, 1.82) is 0 Å². The zero-order chi connectivity index (χ0) is 16.3. The first-order valence-electron chi connectivity index (χ1n) is 7.07. The SMILES string of the molecule is C[C@H](NS(=O)(=O)c1ccc(F)cc1F)C(=O)NC1CCCC1. The molecule has 0 saturated heterocycles. The minimum absolute atomic E-state index is 0.0574. The molecule has 5 nitrogen and oxygen atoms in total. The van der Waals surface area contributed by atoms with Crippen molar-refractivity contribution in [3.63, 3.8) is 0 Å².